The Hall–Kier alpha value is -1.91. The highest BCUT2D eigenvalue weighted by molar-refractivity contribution is 5.91. The smallest absolute Gasteiger partial charge is 0.269 e. The van der Waals surface area contributed by atoms with Gasteiger partial charge in [-0.3, -0.25) is 14.9 Å². The van der Waals surface area contributed by atoms with E-state index in [1.807, 2.05) is 18.7 Å². The van der Waals surface area contributed by atoms with Crippen molar-refractivity contribution in [2.75, 3.05) is 13.1 Å². The van der Waals surface area contributed by atoms with E-state index in [9.17, 15) is 14.9 Å². The molecule has 5 nitrogen and oxygen atoms in total. The SMILES string of the molecule is CCN(CC)C(=O)C1(c2ccc([N+](=O)[O-])cc2)CC1. The summed E-state index contributed by atoms with van der Waals surface area (Å²) >= 11 is 0. The van der Waals surface area contributed by atoms with Crippen LogP contribution in [0.15, 0.2) is 24.3 Å². The predicted molar refractivity (Wildman–Crippen MR) is 71.9 cm³/mol. The Morgan fingerprint density at radius 3 is 2.16 bits per heavy atom. The molecule has 1 aliphatic carbocycles. The van der Waals surface area contributed by atoms with Crippen LogP contribution in [0.2, 0.25) is 0 Å². The van der Waals surface area contributed by atoms with E-state index in [-0.39, 0.29) is 11.6 Å². The van der Waals surface area contributed by atoms with Crippen LogP contribution in [0, 0.1) is 10.1 Å². The van der Waals surface area contributed by atoms with E-state index in [2.05, 4.69) is 0 Å². The Morgan fingerprint density at radius 1 is 1.26 bits per heavy atom. The summed E-state index contributed by atoms with van der Waals surface area (Å²) < 4.78 is 0. The molecule has 0 N–H and O–H groups in total. The molecular weight excluding hydrogens is 244 g/mol. The van der Waals surface area contributed by atoms with E-state index in [0.717, 1.165) is 18.4 Å². The molecule has 0 unspecified atom stereocenters. The van der Waals surface area contributed by atoms with Crippen LogP contribution < -0.4 is 0 Å². The maximum absolute atomic E-state index is 12.5. The maximum Gasteiger partial charge on any atom is 0.269 e. The number of nitrogens with zero attached hydrogens (tertiary/aromatic N) is 2. The molecule has 0 aromatic heterocycles. The van der Waals surface area contributed by atoms with Gasteiger partial charge in [-0.05, 0) is 32.3 Å². The molecule has 1 aromatic carbocycles. The normalized spacial score (nSPS) is 15.9. The van der Waals surface area contributed by atoms with Crippen LogP contribution in [0.25, 0.3) is 0 Å². The number of nitro groups is 1. The number of amides is 1. The van der Waals surface area contributed by atoms with Gasteiger partial charge in [0.15, 0.2) is 0 Å². The first-order valence-corrected chi connectivity index (χ1v) is 6.59. The fraction of sp³-hybridized carbons (Fsp3) is 0.500. The molecule has 102 valence electrons. The standard InChI is InChI=1S/C14H18N2O3/c1-3-15(4-2)13(17)14(9-10-14)11-5-7-12(8-6-11)16(18)19/h5-8H,3-4,9-10H2,1-2H3. The lowest BCUT2D eigenvalue weighted by molar-refractivity contribution is -0.384. The van der Waals surface area contributed by atoms with Crippen molar-refractivity contribution >= 4 is 11.6 Å². The van der Waals surface area contributed by atoms with Crippen molar-refractivity contribution in [2.24, 2.45) is 0 Å². The molecule has 1 fully saturated rings. The summed E-state index contributed by atoms with van der Waals surface area (Å²) in [6.45, 7) is 5.33. The second-order valence-corrected chi connectivity index (χ2v) is 4.86. The van der Waals surface area contributed by atoms with E-state index < -0.39 is 10.3 Å². The number of carbonyl (C=O) groups is 1. The quantitative estimate of drug-likeness (QED) is 0.605. The summed E-state index contributed by atoms with van der Waals surface area (Å²) in [5.41, 5.74) is 0.533. The van der Waals surface area contributed by atoms with Crippen molar-refractivity contribution in [2.45, 2.75) is 32.1 Å². The predicted octanol–water partition coefficient (Wildman–Crippen LogP) is 2.49. The first-order valence-electron chi connectivity index (χ1n) is 6.59. The largest absolute Gasteiger partial charge is 0.342 e. The molecule has 1 aliphatic rings. The van der Waals surface area contributed by atoms with Crippen LogP contribution in [0.1, 0.15) is 32.3 Å². The van der Waals surface area contributed by atoms with E-state index >= 15 is 0 Å². The highest BCUT2D eigenvalue weighted by Gasteiger charge is 2.52. The number of non-ortho nitro benzene ring substituents is 1. The minimum absolute atomic E-state index is 0.0647. The average molecular weight is 262 g/mol. The van der Waals surface area contributed by atoms with E-state index in [4.69, 9.17) is 0 Å². The average Bonchev–Trinajstić information content (AvgIpc) is 3.21. The monoisotopic (exact) mass is 262 g/mol. The molecule has 0 spiro atoms. The molecule has 0 saturated heterocycles. The van der Waals surface area contributed by atoms with Crippen molar-refractivity contribution in [3.63, 3.8) is 0 Å². The van der Waals surface area contributed by atoms with Crippen LogP contribution in [0.5, 0.6) is 0 Å². The molecule has 0 radical (unpaired) electrons. The summed E-state index contributed by atoms with van der Waals surface area (Å²) in [7, 11) is 0. The molecule has 19 heavy (non-hydrogen) atoms. The summed E-state index contributed by atoms with van der Waals surface area (Å²) in [5, 5.41) is 10.6. The molecular formula is C14H18N2O3. The van der Waals surface area contributed by atoms with Gasteiger partial charge in [0.25, 0.3) is 5.69 Å². The molecule has 5 heteroatoms. The summed E-state index contributed by atoms with van der Waals surface area (Å²) in [4.78, 5) is 24.6. The van der Waals surface area contributed by atoms with Crippen LogP contribution in [0.3, 0.4) is 0 Å². The fourth-order valence-electron chi connectivity index (χ4n) is 2.47. The van der Waals surface area contributed by atoms with Gasteiger partial charge in [-0.15, -0.1) is 0 Å². The number of likely N-dealkylation sites (N-methyl/N-ethyl adjacent to an activating group) is 1. The minimum atomic E-state index is -0.429. The third kappa shape index (κ3) is 2.32. The molecule has 0 bridgehead atoms. The Balaban J connectivity index is 2.25. The molecule has 1 aromatic rings. The number of hydrogen-bond acceptors (Lipinski definition) is 3. The van der Waals surface area contributed by atoms with Gasteiger partial charge in [0, 0.05) is 25.2 Å². The highest BCUT2D eigenvalue weighted by atomic mass is 16.6. The molecule has 0 atom stereocenters. The van der Waals surface area contributed by atoms with Crippen LogP contribution >= 0.6 is 0 Å². The summed E-state index contributed by atoms with van der Waals surface area (Å²) in [6, 6.07) is 6.38. The lowest BCUT2D eigenvalue weighted by atomic mass is 9.94. The van der Waals surface area contributed by atoms with E-state index in [1.54, 1.807) is 12.1 Å². The number of rotatable bonds is 5. The molecule has 1 amide bonds. The highest BCUT2D eigenvalue weighted by Crippen LogP contribution is 2.49. The zero-order valence-electron chi connectivity index (χ0n) is 11.3. The van der Waals surface area contributed by atoms with Gasteiger partial charge in [-0.1, -0.05) is 12.1 Å². The van der Waals surface area contributed by atoms with Gasteiger partial charge in [0.2, 0.25) is 5.91 Å². The van der Waals surface area contributed by atoms with Crippen molar-refractivity contribution in [3.05, 3.63) is 39.9 Å². The second-order valence-electron chi connectivity index (χ2n) is 4.86. The topological polar surface area (TPSA) is 63.5 Å². The lowest BCUT2D eigenvalue weighted by Gasteiger charge is -2.25. The van der Waals surface area contributed by atoms with Crippen molar-refractivity contribution in [1.29, 1.82) is 0 Å². The summed E-state index contributed by atoms with van der Waals surface area (Å²) in [6.07, 6.45) is 1.67. The van der Waals surface area contributed by atoms with Gasteiger partial charge < -0.3 is 4.90 Å². The fourth-order valence-corrected chi connectivity index (χ4v) is 2.47. The summed E-state index contributed by atoms with van der Waals surface area (Å²) in [5.74, 6) is 0.145. The van der Waals surface area contributed by atoms with Crippen LogP contribution in [0.4, 0.5) is 5.69 Å². The number of carbonyl (C=O) groups excluding carboxylic acids is 1. The lowest BCUT2D eigenvalue weighted by Crippen LogP contribution is -2.39. The Morgan fingerprint density at radius 2 is 1.79 bits per heavy atom. The maximum atomic E-state index is 12.5. The van der Waals surface area contributed by atoms with Crippen molar-refractivity contribution in [1.82, 2.24) is 4.90 Å². The zero-order chi connectivity index (χ0) is 14.0. The first-order chi connectivity index (χ1) is 9.05. The third-order valence-electron chi connectivity index (χ3n) is 3.84. The van der Waals surface area contributed by atoms with Crippen LogP contribution in [-0.4, -0.2) is 28.8 Å². The van der Waals surface area contributed by atoms with Gasteiger partial charge >= 0.3 is 0 Å². The van der Waals surface area contributed by atoms with Crippen molar-refractivity contribution in [3.8, 4) is 0 Å². The van der Waals surface area contributed by atoms with Gasteiger partial charge in [-0.25, -0.2) is 0 Å². The Labute approximate surface area is 112 Å². The van der Waals surface area contributed by atoms with Gasteiger partial charge in [0.05, 0.1) is 10.3 Å². The molecule has 0 aliphatic heterocycles. The number of benzene rings is 1. The van der Waals surface area contributed by atoms with Gasteiger partial charge in [0.1, 0.15) is 0 Å². The zero-order valence-corrected chi connectivity index (χ0v) is 11.3. The molecule has 2 rings (SSSR count). The minimum Gasteiger partial charge on any atom is -0.342 e. The van der Waals surface area contributed by atoms with Crippen LogP contribution in [-0.2, 0) is 10.2 Å². The first kappa shape index (κ1) is 13.5. The Kier molecular flexibility index (Phi) is 3.55. The number of hydrogen-bond donors (Lipinski definition) is 0. The number of nitro benzene ring substituents is 1. The third-order valence-corrected chi connectivity index (χ3v) is 3.84. The van der Waals surface area contributed by atoms with Crippen molar-refractivity contribution < 1.29 is 9.72 Å². The van der Waals surface area contributed by atoms with Gasteiger partial charge in [-0.2, -0.15) is 0 Å². The van der Waals surface area contributed by atoms with E-state index in [1.165, 1.54) is 12.1 Å². The second kappa shape index (κ2) is 4.99. The van der Waals surface area contributed by atoms with E-state index in [0.29, 0.717) is 13.1 Å². The molecule has 0 heterocycles. The Bertz CT molecular complexity index is 488. The molecule has 1 saturated carbocycles.